The maximum Gasteiger partial charge on any atom is 0.308 e. The number of aliphatic carboxylic acids is 1. The third kappa shape index (κ3) is 2.98. The standard InChI is InChI=1S/C15H20N2O3/c1-9-6-12(15(19)20)8-17(7-9)14(18)13-5-4-10(2)16-11(13)3/h4-5,9,12H,6-8H2,1-3H3,(H,19,20). The maximum atomic E-state index is 12.5. The molecule has 1 amide bonds. The molecular weight excluding hydrogens is 256 g/mol. The molecule has 2 atom stereocenters. The molecule has 0 bridgehead atoms. The molecule has 0 aliphatic carbocycles. The fourth-order valence-electron chi connectivity index (χ4n) is 2.78. The van der Waals surface area contributed by atoms with E-state index in [2.05, 4.69) is 4.98 Å². The lowest BCUT2D eigenvalue weighted by Gasteiger charge is -2.34. The molecule has 1 aliphatic heterocycles. The number of pyridine rings is 1. The molecule has 20 heavy (non-hydrogen) atoms. The highest BCUT2D eigenvalue weighted by Crippen LogP contribution is 2.23. The average Bonchev–Trinajstić information content (AvgIpc) is 2.37. The largest absolute Gasteiger partial charge is 0.481 e. The minimum atomic E-state index is -0.826. The van der Waals surface area contributed by atoms with E-state index in [1.807, 2.05) is 26.8 Å². The molecule has 1 aliphatic rings. The monoisotopic (exact) mass is 276 g/mol. The molecule has 2 heterocycles. The van der Waals surface area contributed by atoms with Gasteiger partial charge in [0, 0.05) is 18.8 Å². The van der Waals surface area contributed by atoms with E-state index in [1.54, 1.807) is 11.0 Å². The number of carbonyl (C=O) groups excluding carboxylic acids is 1. The molecule has 1 aromatic rings. The van der Waals surface area contributed by atoms with Gasteiger partial charge in [0.05, 0.1) is 17.2 Å². The Morgan fingerprint density at radius 3 is 2.60 bits per heavy atom. The molecule has 0 aromatic carbocycles. The Labute approximate surface area is 118 Å². The highest BCUT2D eigenvalue weighted by Gasteiger charge is 2.32. The van der Waals surface area contributed by atoms with E-state index in [1.165, 1.54) is 0 Å². The smallest absolute Gasteiger partial charge is 0.308 e. The van der Waals surface area contributed by atoms with Gasteiger partial charge in [0.25, 0.3) is 5.91 Å². The zero-order valence-electron chi connectivity index (χ0n) is 12.1. The van der Waals surface area contributed by atoms with Gasteiger partial charge in [-0.15, -0.1) is 0 Å². The number of carboxylic acid groups (broad SMARTS) is 1. The van der Waals surface area contributed by atoms with Gasteiger partial charge in [0.2, 0.25) is 0 Å². The first kappa shape index (κ1) is 14.5. The Morgan fingerprint density at radius 2 is 2.00 bits per heavy atom. The number of hydrogen-bond donors (Lipinski definition) is 1. The Bertz CT molecular complexity index is 542. The van der Waals surface area contributed by atoms with Crippen molar-refractivity contribution < 1.29 is 14.7 Å². The summed E-state index contributed by atoms with van der Waals surface area (Å²) in [7, 11) is 0. The van der Waals surface area contributed by atoms with Crippen molar-refractivity contribution >= 4 is 11.9 Å². The van der Waals surface area contributed by atoms with Crippen molar-refractivity contribution in [3.05, 3.63) is 29.1 Å². The van der Waals surface area contributed by atoms with Gasteiger partial charge in [0.1, 0.15) is 0 Å². The van der Waals surface area contributed by atoms with Crippen LogP contribution in [0.3, 0.4) is 0 Å². The first-order chi connectivity index (χ1) is 9.38. The summed E-state index contributed by atoms with van der Waals surface area (Å²) in [6.07, 6.45) is 0.629. The molecular formula is C15H20N2O3. The number of nitrogens with zero attached hydrogens (tertiary/aromatic N) is 2. The number of carboxylic acids is 1. The van der Waals surface area contributed by atoms with Crippen LogP contribution < -0.4 is 0 Å². The van der Waals surface area contributed by atoms with Crippen molar-refractivity contribution in [2.45, 2.75) is 27.2 Å². The topological polar surface area (TPSA) is 70.5 Å². The van der Waals surface area contributed by atoms with Crippen LogP contribution in [-0.2, 0) is 4.79 Å². The number of piperidine rings is 1. The van der Waals surface area contributed by atoms with Crippen LogP contribution in [0, 0.1) is 25.7 Å². The van der Waals surface area contributed by atoms with Crippen molar-refractivity contribution in [2.24, 2.45) is 11.8 Å². The Balaban J connectivity index is 2.21. The van der Waals surface area contributed by atoms with E-state index in [-0.39, 0.29) is 18.4 Å². The Hall–Kier alpha value is -1.91. The fraction of sp³-hybridized carbons (Fsp3) is 0.533. The van der Waals surface area contributed by atoms with E-state index in [4.69, 9.17) is 5.11 Å². The van der Waals surface area contributed by atoms with Crippen LogP contribution in [0.1, 0.15) is 35.1 Å². The van der Waals surface area contributed by atoms with Crippen molar-refractivity contribution in [3.8, 4) is 0 Å². The third-order valence-electron chi connectivity index (χ3n) is 3.75. The summed E-state index contributed by atoms with van der Waals surface area (Å²) in [4.78, 5) is 29.6. The molecule has 1 aromatic heterocycles. The first-order valence-electron chi connectivity index (χ1n) is 6.84. The fourth-order valence-corrected chi connectivity index (χ4v) is 2.78. The summed E-state index contributed by atoms with van der Waals surface area (Å²) < 4.78 is 0. The summed E-state index contributed by atoms with van der Waals surface area (Å²) in [5.74, 6) is -1.21. The second-order valence-electron chi connectivity index (χ2n) is 5.67. The lowest BCUT2D eigenvalue weighted by Crippen LogP contribution is -2.45. The third-order valence-corrected chi connectivity index (χ3v) is 3.75. The second-order valence-corrected chi connectivity index (χ2v) is 5.67. The van der Waals surface area contributed by atoms with Gasteiger partial charge in [0.15, 0.2) is 0 Å². The van der Waals surface area contributed by atoms with Crippen LogP contribution in [-0.4, -0.2) is 40.0 Å². The maximum absolute atomic E-state index is 12.5. The number of rotatable bonds is 2. The number of carbonyl (C=O) groups is 2. The average molecular weight is 276 g/mol. The van der Waals surface area contributed by atoms with Crippen molar-refractivity contribution in [1.82, 2.24) is 9.88 Å². The highest BCUT2D eigenvalue weighted by atomic mass is 16.4. The molecule has 1 N–H and O–H groups in total. The van der Waals surface area contributed by atoms with Crippen LogP contribution in [0.4, 0.5) is 0 Å². The summed E-state index contributed by atoms with van der Waals surface area (Å²) >= 11 is 0. The highest BCUT2D eigenvalue weighted by molar-refractivity contribution is 5.95. The molecule has 0 saturated carbocycles. The lowest BCUT2D eigenvalue weighted by atomic mass is 9.90. The SMILES string of the molecule is Cc1ccc(C(=O)N2CC(C)CC(C(=O)O)C2)c(C)n1. The number of likely N-dealkylation sites (tertiary alicyclic amines) is 1. The predicted octanol–water partition coefficient (Wildman–Crippen LogP) is 1.88. The molecule has 5 nitrogen and oxygen atoms in total. The molecule has 1 fully saturated rings. The first-order valence-corrected chi connectivity index (χ1v) is 6.84. The number of amides is 1. The quantitative estimate of drug-likeness (QED) is 0.895. The van der Waals surface area contributed by atoms with Gasteiger partial charge in [-0.2, -0.15) is 0 Å². The van der Waals surface area contributed by atoms with E-state index in [9.17, 15) is 9.59 Å². The Morgan fingerprint density at radius 1 is 1.30 bits per heavy atom. The molecule has 2 unspecified atom stereocenters. The Kier molecular flexibility index (Phi) is 4.06. The summed E-state index contributed by atoms with van der Waals surface area (Å²) in [5, 5.41) is 9.17. The van der Waals surface area contributed by atoms with Gasteiger partial charge in [-0.25, -0.2) is 0 Å². The summed E-state index contributed by atoms with van der Waals surface area (Å²) in [6, 6.07) is 3.58. The van der Waals surface area contributed by atoms with Crippen LogP contribution in [0.2, 0.25) is 0 Å². The van der Waals surface area contributed by atoms with E-state index < -0.39 is 11.9 Å². The van der Waals surface area contributed by atoms with Crippen molar-refractivity contribution in [2.75, 3.05) is 13.1 Å². The zero-order valence-corrected chi connectivity index (χ0v) is 12.1. The number of hydrogen-bond acceptors (Lipinski definition) is 3. The van der Waals surface area contributed by atoms with E-state index in [0.29, 0.717) is 24.2 Å². The zero-order chi connectivity index (χ0) is 14.9. The number of aryl methyl sites for hydroxylation is 2. The normalized spacial score (nSPS) is 22.6. The molecule has 0 spiro atoms. The van der Waals surface area contributed by atoms with Gasteiger partial charge in [-0.05, 0) is 38.3 Å². The molecule has 1 saturated heterocycles. The molecule has 5 heteroatoms. The predicted molar refractivity (Wildman–Crippen MR) is 74.5 cm³/mol. The van der Waals surface area contributed by atoms with Crippen molar-refractivity contribution in [3.63, 3.8) is 0 Å². The van der Waals surface area contributed by atoms with Crippen LogP contribution >= 0.6 is 0 Å². The molecule has 0 radical (unpaired) electrons. The minimum Gasteiger partial charge on any atom is -0.481 e. The summed E-state index contributed by atoms with van der Waals surface area (Å²) in [5.41, 5.74) is 2.13. The lowest BCUT2D eigenvalue weighted by molar-refractivity contribution is -0.143. The van der Waals surface area contributed by atoms with Crippen molar-refractivity contribution in [1.29, 1.82) is 0 Å². The van der Waals surface area contributed by atoms with Gasteiger partial charge in [-0.3, -0.25) is 14.6 Å². The van der Waals surface area contributed by atoms with Crippen LogP contribution in [0.15, 0.2) is 12.1 Å². The molecule has 108 valence electrons. The second kappa shape index (κ2) is 5.61. The van der Waals surface area contributed by atoms with Gasteiger partial charge < -0.3 is 10.0 Å². The van der Waals surface area contributed by atoms with E-state index in [0.717, 1.165) is 5.69 Å². The molecule has 2 rings (SSSR count). The number of aromatic nitrogens is 1. The minimum absolute atomic E-state index is 0.118. The van der Waals surface area contributed by atoms with Gasteiger partial charge in [-0.1, -0.05) is 6.92 Å². The van der Waals surface area contributed by atoms with Gasteiger partial charge >= 0.3 is 5.97 Å². The van der Waals surface area contributed by atoms with E-state index >= 15 is 0 Å². The van der Waals surface area contributed by atoms with Crippen LogP contribution in [0.25, 0.3) is 0 Å². The van der Waals surface area contributed by atoms with Crippen LogP contribution in [0.5, 0.6) is 0 Å². The summed E-state index contributed by atoms with van der Waals surface area (Å²) in [6.45, 7) is 6.56.